The average molecular weight is 293 g/mol. The summed E-state index contributed by atoms with van der Waals surface area (Å²) < 4.78 is 1.54. The molecule has 0 bridgehead atoms. The summed E-state index contributed by atoms with van der Waals surface area (Å²) >= 11 is 0. The average Bonchev–Trinajstić information content (AvgIpc) is 2.51. The molecule has 2 aromatic carbocycles. The van der Waals surface area contributed by atoms with Crippen molar-refractivity contribution in [2.24, 2.45) is 0 Å². The Kier molecular flexibility index (Phi) is 3.43. The second kappa shape index (κ2) is 5.41. The highest BCUT2D eigenvalue weighted by Crippen LogP contribution is 2.23. The van der Waals surface area contributed by atoms with Crippen molar-refractivity contribution in [3.63, 3.8) is 0 Å². The number of phenolic OH excluding ortho intramolecular Hbond substituents is 2. The molecule has 22 heavy (non-hydrogen) atoms. The van der Waals surface area contributed by atoms with Gasteiger partial charge in [-0.1, -0.05) is 6.08 Å². The zero-order valence-electron chi connectivity index (χ0n) is 11.9. The zero-order chi connectivity index (χ0) is 15.7. The van der Waals surface area contributed by atoms with Gasteiger partial charge in [0.15, 0.2) is 0 Å². The van der Waals surface area contributed by atoms with E-state index in [1.54, 1.807) is 36.5 Å². The van der Waals surface area contributed by atoms with Gasteiger partial charge in [0.25, 0.3) is 5.56 Å². The highest BCUT2D eigenvalue weighted by Gasteiger charge is 2.10. The van der Waals surface area contributed by atoms with Crippen LogP contribution in [0.25, 0.3) is 16.5 Å². The van der Waals surface area contributed by atoms with Gasteiger partial charge in [-0.2, -0.15) is 0 Å². The van der Waals surface area contributed by atoms with Crippen LogP contribution in [0.15, 0.2) is 66.1 Å². The molecule has 0 saturated carbocycles. The van der Waals surface area contributed by atoms with E-state index >= 15 is 0 Å². The lowest BCUT2D eigenvalue weighted by molar-refractivity contribution is 0.475. The molecule has 0 aliphatic rings. The number of hydrogen-bond donors (Lipinski definition) is 2. The first-order valence-electron chi connectivity index (χ1n) is 6.87. The van der Waals surface area contributed by atoms with Crippen molar-refractivity contribution in [2.45, 2.75) is 6.42 Å². The minimum absolute atomic E-state index is 0.125. The maximum atomic E-state index is 12.7. The molecule has 0 unspecified atom stereocenters. The van der Waals surface area contributed by atoms with Gasteiger partial charge in [0, 0.05) is 17.3 Å². The summed E-state index contributed by atoms with van der Waals surface area (Å²) in [4.78, 5) is 12.7. The van der Waals surface area contributed by atoms with E-state index in [0.29, 0.717) is 17.5 Å². The fraction of sp³-hybridized carbons (Fsp3) is 0.0556. The van der Waals surface area contributed by atoms with Gasteiger partial charge >= 0.3 is 0 Å². The molecular formula is C18H15NO3. The number of rotatable bonds is 3. The van der Waals surface area contributed by atoms with Crippen molar-refractivity contribution >= 4 is 10.8 Å². The smallest absolute Gasteiger partial charge is 0.262 e. The van der Waals surface area contributed by atoms with Crippen molar-refractivity contribution in [3.8, 4) is 17.2 Å². The van der Waals surface area contributed by atoms with Crippen LogP contribution in [0.4, 0.5) is 0 Å². The first kappa shape index (κ1) is 13.9. The Balaban J connectivity index is 2.34. The standard InChI is InChI=1S/C18H15NO3/c1-2-3-12-11-19(13-4-6-14(20)7-5-13)18(22)16-9-8-15(21)10-17(12)16/h2,4-11,20-21H,1,3H2. The molecule has 1 aromatic heterocycles. The van der Waals surface area contributed by atoms with Crippen LogP contribution in [-0.4, -0.2) is 14.8 Å². The van der Waals surface area contributed by atoms with Gasteiger partial charge in [-0.25, -0.2) is 0 Å². The minimum atomic E-state index is -0.173. The highest BCUT2D eigenvalue weighted by atomic mass is 16.3. The van der Waals surface area contributed by atoms with Crippen LogP contribution in [0.5, 0.6) is 11.5 Å². The van der Waals surface area contributed by atoms with Gasteiger partial charge in [-0.15, -0.1) is 6.58 Å². The number of allylic oxidation sites excluding steroid dienone is 1. The van der Waals surface area contributed by atoms with E-state index in [9.17, 15) is 15.0 Å². The number of pyridine rings is 1. The summed E-state index contributed by atoms with van der Waals surface area (Å²) in [5, 5.41) is 20.3. The predicted molar refractivity (Wildman–Crippen MR) is 86.8 cm³/mol. The number of aromatic hydroxyl groups is 2. The maximum Gasteiger partial charge on any atom is 0.262 e. The van der Waals surface area contributed by atoms with E-state index in [0.717, 1.165) is 10.9 Å². The predicted octanol–water partition coefficient (Wildman–Crippen LogP) is 3.13. The molecule has 110 valence electrons. The SMILES string of the molecule is C=CCc1cn(-c2ccc(O)cc2)c(=O)c2ccc(O)cc12. The van der Waals surface area contributed by atoms with Gasteiger partial charge in [-0.3, -0.25) is 9.36 Å². The largest absolute Gasteiger partial charge is 0.508 e. The van der Waals surface area contributed by atoms with E-state index in [1.165, 1.54) is 22.8 Å². The molecular weight excluding hydrogens is 278 g/mol. The van der Waals surface area contributed by atoms with Crippen molar-refractivity contribution in [2.75, 3.05) is 0 Å². The second-order valence-corrected chi connectivity index (χ2v) is 5.07. The lowest BCUT2D eigenvalue weighted by atomic mass is 10.0. The van der Waals surface area contributed by atoms with E-state index in [-0.39, 0.29) is 17.1 Å². The van der Waals surface area contributed by atoms with Gasteiger partial charge in [0.1, 0.15) is 11.5 Å². The minimum Gasteiger partial charge on any atom is -0.508 e. The molecule has 1 heterocycles. The van der Waals surface area contributed by atoms with E-state index in [4.69, 9.17) is 0 Å². The molecule has 0 aliphatic carbocycles. The summed E-state index contributed by atoms with van der Waals surface area (Å²) in [5.41, 5.74) is 1.39. The van der Waals surface area contributed by atoms with Crippen LogP contribution in [0.1, 0.15) is 5.56 Å². The molecule has 0 fully saturated rings. The van der Waals surface area contributed by atoms with Crippen molar-refractivity contribution < 1.29 is 10.2 Å². The second-order valence-electron chi connectivity index (χ2n) is 5.07. The Labute approximate surface area is 127 Å². The van der Waals surface area contributed by atoms with Gasteiger partial charge in [0.05, 0.1) is 0 Å². The molecule has 4 nitrogen and oxygen atoms in total. The fourth-order valence-electron chi connectivity index (χ4n) is 2.52. The van der Waals surface area contributed by atoms with Crippen LogP contribution in [0, 0.1) is 0 Å². The Morgan fingerprint density at radius 2 is 1.68 bits per heavy atom. The molecule has 0 atom stereocenters. The zero-order valence-corrected chi connectivity index (χ0v) is 11.9. The normalized spacial score (nSPS) is 10.7. The lowest BCUT2D eigenvalue weighted by Crippen LogP contribution is -2.19. The van der Waals surface area contributed by atoms with Crippen molar-refractivity contribution in [3.05, 3.63) is 77.2 Å². The molecule has 3 aromatic rings. The Morgan fingerprint density at radius 1 is 1.00 bits per heavy atom. The summed E-state index contributed by atoms with van der Waals surface area (Å²) in [5.74, 6) is 0.272. The monoisotopic (exact) mass is 293 g/mol. The van der Waals surface area contributed by atoms with Crippen LogP contribution in [0.2, 0.25) is 0 Å². The van der Waals surface area contributed by atoms with Crippen LogP contribution in [0.3, 0.4) is 0 Å². The molecule has 0 radical (unpaired) electrons. The number of phenols is 2. The van der Waals surface area contributed by atoms with Crippen molar-refractivity contribution in [1.82, 2.24) is 4.57 Å². The molecule has 0 spiro atoms. The molecule has 4 heteroatoms. The fourth-order valence-corrected chi connectivity index (χ4v) is 2.52. The molecule has 0 amide bonds. The summed E-state index contributed by atoms with van der Waals surface area (Å²) in [7, 11) is 0. The highest BCUT2D eigenvalue weighted by molar-refractivity contribution is 5.86. The van der Waals surface area contributed by atoms with E-state index in [1.807, 2.05) is 0 Å². The summed E-state index contributed by atoms with van der Waals surface area (Å²) in [6.45, 7) is 3.74. The molecule has 3 rings (SSSR count). The van der Waals surface area contributed by atoms with Crippen LogP contribution in [-0.2, 0) is 6.42 Å². The number of nitrogens with zero attached hydrogens (tertiary/aromatic N) is 1. The number of benzene rings is 2. The molecule has 0 saturated heterocycles. The van der Waals surface area contributed by atoms with E-state index < -0.39 is 0 Å². The Morgan fingerprint density at radius 3 is 2.36 bits per heavy atom. The Bertz CT molecular complexity index is 908. The maximum absolute atomic E-state index is 12.7. The van der Waals surface area contributed by atoms with Crippen LogP contribution >= 0.6 is 0 Å². The molecule has 0 aliphatic heterocycles. The first-order valence-corrected chi connectivity index (χ1v) is 6.87. The van der Waals surface area contributed by atoms with Gasteiger partial charge < -0.3 is 10.2 Å². The quantitative estimate of drug-likeness (QED) is 0.729. The van der Waals surface area contributed by atoms with Crippen molar-refractivity contribution in [1.29, 1.82) is 0 Å². The lowest BCUT2D eigenvalue weighted by Gasteiger charge is -2.12. The third-order valence-electron chi connectivity index (χ3n) is 3.58. The first-order chi connectivity index (χ1) is 10.6. The number of hydrogen-bond acceptors (Lipinski definition) is 3. The van der Waals surface area contributed by atoms with Crippen LogP contribution < -0.4 is 5.56 Å². The number of fused-ring (bicyclic) bond motifs is 1. The molecule has 2 N–H and O–H groups in total. The summed E-state index contributed by atoms with van der Waals surface area (Å²) in [6, 6.07) is 11.2. The Hall–Kier alpha value is -3.01. The number of aromatic nitrogens is 1. The summed E-state index contributed by atoms with van der Waals surface area (Å²) in [6.07, 6.45) is 4.08. The van der Waals surface area contributed by atoms with E-state index in [2.05, 4.69) is 6.58 Å². The third-order valence-corrected chi connectivity index (χ3v) is 3.58. The third kappa shape index (κ3) is 2.35. The topological polar surface area (TPSA) is 62.5 Å². The van der Waals surface area contributed by atoms with Gasteiger partial charge in [0.2, 0.25) is 0 Å². The van der Waals surface area contributed by atoms with Gasteiger partial charge in [-0.05, 0) is 59.8 Å².